The molecule has 0 bridgehead atoms. The highest BCUT2D eigenvalue weighted by Crippen LogP contribution is 1.97. The second-order valence-electron chi connectivity index (χ2n) is 3.86. The summed E-state index contributed by atoms with van der Waals surface area (Å²) >= 11 is 0. The fourth-order valence-electron chi connectivity index (χ4n) is 1.59. The predicted molar refractivity (Wildman–Crippen MR) is 66.3 cm³/mol. The van der Waals surface area contributed by atoms with Gasteiger partial charge in [0.15, 0.2) is 0 Å². The van der Waals surface area contributed by atoms with Crippen molar-refractivity contribution >= 4 is 5.91 Å². The van der Waals surface area contributed by atoms with E-state index in [0.29, 0.717) is 6.54 Å². The molecule has 1 aromatic rings. The third kappa shape index (κ3) is 4.11. The molecule has 0 saturated carbocycles. The summed E-state index contributed by atoms with van der Waals surface area (Å²) in [6.07, 6.45) is 4.98. The van der Waals surface area contributed by atoms with Gasteiger partial charge in [0.2, 0.25) is 5.91 Å². The first-order valence-corrected chi connectivity index (χ1v) is 5.95. The molecule has 1 heterocycles. The summed E-state index contributed by atoms with van der Waals surface area (Å²) in [4.78, 5) is 21.6. The highest BCUT2D eigenvalue weighted by atomic mass is 16.2. The fraction of sp³-hybridized carbons (Fsp3) is 0.583. The molecule has 17 heavy (non-hydrogen) atoms. The van der Waals surface area contributed by atoms with Crippen LogP contribution in [-0.4, -0.2) is 39.9 Å². The summed E-state index contributed by atoms with van der Waals surface area (Å²) in [6.45, 7) is 7.95. The van der Waals surface area contributed by atoms with Crippen molar-refractivity contribution in [1.29, 1.82) is 0 Å². The van der Waals surface area contributed by atoms with Crippen LogP contribution in [0.3, 0.4) is 0 Å². The fourth-order valence-corrected chi connectivity index (χ4v) is 1.59. The second kappa shape index (κ2) is 6.96. The van der Waals surface area contributed by atoms with Gasteiger partial charge in [-0.25, -0.2) is 9.97 Å². The number of nitrogens with one attached hydrogen (secondary N) is 1. The average Bonchev–Trinajstić information content (AvgIpc) is 2.38. The number of hydrogen-bond acceptors (Lipinski definition) is 4. The van der Waals surface area contributed by atoms with Crippen molar-refractivity contribution in [1.82, 2.24) is 20.2 Å². The van der Waals surface area contributed by atoms with Crippen LogP contribution in [-0.2, 0) is 11.3 Å². The van der Waals surface area contributed by atoms with Gasteiger partial charge in [-0.3, -0.25) is 4.79 Å². The Kier molecular flexibility index (Phi) is 5.56. The number of rotatable bonds is 6. The van der Waals surface area contributed by atoms with Gasteiger partial charge in [0.1, 0.15) is 6.33 Å². The van der Waals surface area contributed by atoms with Crippen molar-refractivity contribution in [3.8, 4) is 0 Å². The summed E-state index contributed by atoms with van der Waals surface area (Å²) in [5, 5.41) is 3.18. The van der Waals surface area contributed by atoms with Crippen LogP contribution in [0.25, 0.3) is 0 Å². The first-order valence-electron chi connectivity index (χ1n) is 5.95. The van der Waals surface area contributed by atoms with Gasteiger partial charge in [0.05, 0.1) is 6.04 Å². The van der Waals surface area contributed by atoms with Crippen LogP contribution in [0.15, 0.2) is 18.7 Å². The average molecular weight is 236 g/mol. The zero-order valence-electron chi connectivity index (χ0n) is 10.7. The SMILES string of the molecule is CCN(CC)C(=O)C(C)NCc1cncnc1. The van der Waals surface area contributed by atoms with Gasteiger partial charge in [-0.1, -0.05) is 0 Å². The van der Waals surface area contributed by atoms with E-state index >= 15 is 0 Å². The van der Waals surface area contributed by atoms with Gasteiger partial charge in [-0.2, -0.15) is 0 Å². The van der Waals surface area contributed by atoms with Gasteiger partial charge in [-0.05, 0) is 20.8 Å². The van der Waals surface area contributed by atoms with E-state index in [1.165, 1.54) is 6.33 Å². The normalized spacial score (nSPS) is 12.2. The lowest BCUT2D eigenvalue weighted by atomic mass is 10.2. The van der Waals surface area contributed by atoms with Crippen LogP contribution in [0, 0.1) is 0 Å². The minimum atomic E-state index is -0.185. The summed E-state index contributed by atoms with van der Waals surface area (Å²) in [5.74, 6) is 0.131. The Hall–Kier alpha value is -1.49. The molecule has 0 aliphatic rings. The quantitative estimate of drug-likeness (QED) is 0.794. The third-order valence-corrected chi connectivity index (χ3v) is 2.67. The molecule has 0 fully saturated rings. The number of hydrogen-bond donors (Lipinski definition) is 1. The zero-order valence-corrected chi connectivity index (χ0v) is 10.7. The van der Waals surface area contributed by atoms with Gasteiger partial charge in [0, 0.05) is 37.6 Å². The molecule has 1 rings (SSSR count). The van der Waals surface area contributed by atoms with Crippen LogP contribution in [0.4, 0.5) is 0 Å². The van der Waals surface area contributed by atoms with Crippen molar-refractivity contribution in [2.45, 2.75) is 33.4 Å². The highest BCUT2D eigenvalue weighted by Gasteiger charge is 2.17. The molecule has 94 valence electrons. The van der Waals surface area contributed by atoms with E-state index < -0.39 is 0 Å². The molecule has 1 N–H and O–H groups in total. The molecule has 1 unspecified atom stereocenters. The Morgan fingerprint density at radius 2 is 1.94 bits per heavy atom. The first kappa shape index (κ1) is 13.6. The lowest BCUT2D eigenvalue weighted by molar-refractivity contribution is -0.132. The molecule has 0 saturated heterocycles. The molecule has 1 amide bonds. The number of amides is 1. The van der Waals surface area contributed by atoms with E-state index in [1.807, 2.05) is 25.7 Å². The maximum absolute atomic E-state index is 12.0. The molecular formula is C12H20N4O. The Morgan fingerprint density at radius 3 is 2.47 bits per heavy atom. The van der Waals surface area contributed by atoms with E-state index in [1.54, 1.807) is 12.4 Å². The van der Waals surface area contributed by atoms with Gasteiger partial charge in [-0.15, -0.1) is 0 Å². The van der Waals surface area contributed by atoms with Crippen molar-refractivity contribution in [2.75, 3.05) is 13.1 Å². The van der Waals surface area contributed by atoms with Crippen molar-refractivity contribution < 1.29 is 4.79 Å². The van der Waals surface area contributed by atoms with E-state index in [2.05, 4.69) is 15.3 Å². The van der Waals surface area contributed by atoms with Crippen LogP contribution in [0.2, 0.25) is 0 Å². The molecule has 0 aliphatic heterocycles. The maximum Gasteiger partial charge on any atom is 0.239 e. The molecule has 0 aromatic carbocycles. The lowest BCUT2D eigenvalue weighted by Crippen LogP contribution is -2.44. The summed E-state index contributed by atoms with van der Waals surface area (Å²) in [7, 11) is 0. The number of aromatic nitrogens is 2. The van der Waals surface area contributed by atoms with Crippen LogP contribution >= 0.6 is 0 Å². The van der Waals surface area contributed by atoms with Gasteiger partial charge in [0.25, 0.3) is 0 Å². The second-order valence-corrected chi connectivity index (χ2v) is 3.86. The maximum atomic E-state index is 12.0. The number of carbonyl (C=O) groups is 1. The monoisotopic (exact) mass is 236 g/mol. The van der Waals surface area contributed by atoms with Crippen LogP contribution < -0.4 is 5.32 Å². The van der Waals surface area contributed by atoms with Crippen molar-refractivity contribution in [3.05, 3.63) is 24.3 Å². The van der Waals surface area contributed by atoms with Crippen LogP contribution in [0.5, 0.6) is 0 Å². The molecule has 5 nitrogen and oxygen atoms in total. The molecule has 1 atom stereocenters. The standard InChI is InChI=1S/C12H20N4O/c1-4-16(5-2)12(17)10(3)15-8-11-6-13-9-14-7-11/h6-7,9-10,15H,4-5,8H2,1-3H3. The minimum Gasteiger partial charge on any atom is -0.342 e. The topological polar surface area (TPSA) is 58.1 Å². The molecule has 5 heteroatoms. The largest absolute Gasteiger partial charge is 0.342 e. The smallest absolute Gasteiger partial charge is 0.239 e. The molecule has 0 spiro atoms. The molecule has 0 aliphatic carbocycles. The number of carbonyl (C=O) groups excluding carboxylic acids is 1. The molecule has 0 radical (unpaired) electrons. The number of nitrogens with zero attached hydrogens (tertiary/aromatic N) is 3. The van der Waals surface area contributed by atoms with E-state index in [-0.39, 0.29) is 11.9 Å². The van der Waals surface area contributed by atoms with Crippen molar-refractivity contribution in [3.63, 3.8) is 0 Å². The highest BCUT2D eigenvalue weighted by molar-refractivity contribution is 5.81. The van der Waals surface area contributed by atoms with E-state index in [4.69, 9.17) is 0 Å². The minimum absolute atomic E-state index is 0.131. The van der Waals surface area contributed by atoms with E-state index in [9.17, 15) is 4.79 Å². The van der Waals surface area contributed by atoms with Crippen molar-refractivity contribution in [2.24, 2.45) is 0 Å². The third-order valence-electron chi connectivity index (χ3n) is 2.67. The van der Waals surface area contributed by atoms with Crippen LogP contribution in [0.1, 0.15) is 26.3 Å². The molecular weight excluding hydrogens is 216 g/mol. The Balaban J connectivity index is 2.44. The predicted octanol–water partition coefficient (Wildman–Crippen LogP) is 0.823. The first-order chi connectivity index (χ1) is 8.19. The Labute approximate surface area is 102 Å². The lowest BCUT2D eigenvalue weighted by Gasteiger charge is -2.23. The summed E-state index contributed by atoms with van der Waals surface area (Å²) < 4.78 is 0. The number of likely N-dealkylation sites (N-methyl/N-ethyl adjacent to an activating group) is 1. The molecule has 1 aromatic heterocycles. The Bertz CT molecular complexity index is 338. The van der Waals surface area contributed by atoms with Gasteiger partial charge < -0.3 is 10.2 Å². The van der Waals surface area contributed by atoms with Gasteiger partial charge >= 0.3 is 0 Å². The summed E-state index contributed by atoms with van der Waals surface area (Å²) in [6, 6.07) is -0.185. The van der Waals surface area contributed by atoms with E-state index in [0.717, 1.165) is 18.7 Å². The zero-order chi connectivity index (χ0) is 12.7. The Morgan fingerprint density at radius 1 is 1.35 bits per heavy atom. The summed E-state index contributed by atoms with van der Waals surface area (Å²) in [5.41, 5.74) is 0.978.